The standard InChI is InChI=1S/C19H21N5O3/c1-12-18(13(2)26-23-12)16-10-15(20-11-21-16)9-14-4-7-24(8-5-14)19(25)17-3-6-22-27-17/h3,6,10-11,14H,4-5,7-9H2,1-2H3. The number of hydrogen-bond acceptors (Lipinski definition) is 7. The van der Waals surface area contributed by atoms with Crippen molar-refractivity contribution < 1.29 is 13.8 Å². The molecule has 140 valence electrons. The molecule has 0 aliphatic carbocycles. The second-order valence-electron chi connectivity index (χ2n) is 6.91. The Hall–Kier alpha value is -3.03. The average Bonchev–Trinajstić information content (AvgIpc) is 3.32. The van der Waals surface area contributed by atoms with Gasteiger partial charge in [0.15, 0.2) is 0 Å². The quantitative estimate of drug-likeness (QED) is 0.699. The first kappa shape index (κ1) is 17.4. The molecule has 3 aromatic heterocycles. The molecule has 0 N–H and O–H groups in total. The van der Waals surface area contributed by atoms with Gasteiger partial charge in [-0.15, -0.1) is 0 Å². The van der Waals surface area contributed by atoms with Gasteiger partial charge >= 0.3 is 0 Å². The SMILES string of the molecule is Cc1noc(C)c1-c1cc(CC2CCN(C(=O)c3ccno3)CC2)ncn1. The van der Waals surface area contributed by atoms with Crippen LogP contribution in [0.4, 0.5) is 0 Å². The predicted molar refractivity (Wildman–Crippen MR) is 95.8 cm³/mol. The highest BCUT2D eigenvalue weighted by Crippen LogP contribution is 2.27. The molecule has 1 saturated heterocycles. The van der Waals surface area contributed by atoms with Crippen molar-refractivity contribution in [3.63, 3.8) is 0 Å². The first-order chi connectivity index (χ1) is 13.1. The Labute approximate surface area is 156 Å². The van der Waals surface area contributed by atoms with Gasteiger partial charge in [-0.3, -0.25) is 4.79 Å². The summed E-state index contributed by atoms with van der Waals surface area (Å²) in [4.78, 5) is 23.0. The minimum atomic E-state index is -0.0892. The van der Waals surface area contributed by atoms with Crippen LogP contribution in [-0.4, -0.2) is 44.2 Å². The maximum atomic E-state index is 12.3. The van der Waals surface area contributed by atoms with Crippen LogP contribution in [0, 0.1) is 19.8 Å². The molecule has 8 nitrogen and oxygen atoms in total. The maximum Gasteiger partial charge on any atom is 0.292 e. The van der Waals surface area contributed by atoms with Crippen molar-refractivity contribution in [2.45, 2.75) is 33.1 Å². The highest BCUT2D eigenvalue weighted by molar-refractivity contribution is 5.91. The average molecular weight is 367 g/mol. The van der Waals surface area contributed by atoms with Gasteiger partial charge in [-0.25, -0.2) is 9.97 Å². The number of aryl methyl sites for hydroxylation is 2. The van der Waals surface area contributed by atoms with E-state index in [4.69, 9.17) is 9.05 Å². The molecule has 4 heterocycles. The Kier molecular flexibility index (Phi) is 4.70. The van der Waals surface area contributed by atoms with Gasteiger partial charge < -0.3 is 13.9 Å². The van der Waals surface area contributed by atoms with Gasteiger partial charge in [-0.2, -0.15) is 0 Å². The second kappa shape index (κ2) is 7.30. The minimum Gasteiger partial charge on any atom is -0.361 e. The Morgan fingerprint density at radius 3 is 2.70 bits per heavy atom. The Bertz CT molecular complexity index is 907. The molecular weight excluding hydrogens is 346 g/mol. The third-order valence-electron chi connectivity index (χ3n) is 5.06. The summed E-state index contributed by atoms with van der Waals surface area (Å²) in [6, 6.07) is 3.62. The fourth-order valence-corrected chi connectivity index (χ4v) is 3.61. The summed E-state index contributed by atoms with van der Waals surface area (Å²) >= 11 is 0. The van der Waals surface area contributed by atoms with Crippen molar-refractivity contribution in [3.8, 4) is 11.3 Å². The number of rotatable bonds is 4. The third kappa shape index (κ3) is 3.60. The summed E-state index contributed by atoms with van der Waals surface area (Å²) in [6.07, 6.45) is 5.82. The zero-order valence-corrected chi connectivity index (χ0v) is 15.4. The van der Waals surface area contributed by atoms with Crippen LogP contribution in [0.5, 0.6) is 0 Å². The molecule has 0 unspecified atom stereocenters. The number of aromatic nitrogens is 4. The summed E-state index contributed by atoms with van der Waals surface area (Å²) in [5.41, 5.74) is 3.61. The first-order valence-electron chi connectivity index (χ1n) is 9.06. The largest absolute Gasteiger partial charge is 0.361 e. The van der Waals surface area contributed by atoms with E-state index in [0.29, 0.717) is 24.8 Å². The lowest BCUT2D eigenvalue weighted by molar-refractivity contribution is 0.0648. The first-order valence-corrected chi connectivity index (χ1v) is 9.06. The summed E-state index contributed by atoms with van der Waals surface area (Å²) < 4.78 is 10.2. The molecule has 1 aliphatic rings. The molecule has 0 spiro atoms. The van der Waals surface area contributed by atoms with Crippen LogP contribution in [0.1, 0.15) is 40.5 Å². The van der Waals surface area contributed by atoms with Crippen LogP contribution in [0.2, 0.25) is 0 Å². The number of nitrogens with zero attached hydrogens (tertiary/aromatic N) is 5. The van der Waals surface area contributed by atoms with Crippen molar-refractivity contribution >= 4 is 5.91 Å². The summed E-state index contributed by atoms with van der Waals surface area (Å²) in [7, 11) is 0. The van der Waals surface area contributed by atoms with Crippen molar-refractivity contribution in [2.75, 3.05) is 13.1 Å². The van der Waals surface area contributed by atoms with Gasteiger partial charge in [0.2, 0.25) is 5.76 Å². The van der Waals surface area contributed by atoms with Gasteiger partial charge in [0, 0.05) is 24.8 Å². The number of hydrogen-bond donors (Lipinski definition) is 0. The van der Waals surface area contributed by atoms with Gasteiger partial charge in [-0.05, 0) is 45.1 Å². The number of likely N-dealkylation sites (tertiary alicyclic amines) is 1. The molecule has 4 rings (SSSR count). The number of carbonyl (C=O) groups excluding carboxylic acids is 1. The van der Waals surface area contributed by atoms with E-state index in [1.165, 1.54) is 6.20 Å². The normalized spacial score (nSPS) is 15.3. The summed E-state index contributed by atoms with van der Waals surface area (Å²) in [6.45, 7) is 5.23. The lowest BCUT2D eigenvalue weighted by Crippen LogP contribution is -2.38. The molecule has 0 aromatic carbocycles. The Balaban J connectivity index is 1.40. The van der Waals surface area contributed by atoms with Crippen molar-refractivity contribution in [3.05, 3.63) is 47.6 Å². The molecule has 8 heteroatoms. The number of carbonyl (C=O) groups is 1. The van der Waals surface area contributed by atoms with Crippen LogP contribution in [0.25, 0.3) is 11.3 Å². The fourth-order valence-electron chi connectivity index (χ4n) is 3.61. The van der Waals surface area contributed by atoms with E-state index in [-0.39, 0.29) is 5.91 Å². The van der Waals surface area contributed by atoms with E-state index in [1.807, 2.05) is 24.8 Å². The molecule has 0 atom stereocenters. The highest BCUT2D eigenvalue weighted by atomic mass is 16.5. The van der Waals surface area contributed by atoms with Crippen LogP contribution >= 0.6 is 0 Å². The van der Waals surface area contributed by atoms with E-state index >= 15 is 0 Å². The van der Waals surface area contributed by atoms with E-state index in [9.17, 15) is 4.79 Å². The van der Waals surface area contributed by atoms with Crippen molar-refractivity contribution in [2.24, 2.45) is 5.92 Å². The fraction of sp³-hybridized carbons (Fsp3) is 0.421. The molecule has 0 bridgehead atoms. The lowest BCUT2D eigenvalue weighted by Gasteiger charge is -2.31. The molecule has 1 aliphatic heterocycles. The van der Waals surface area contributed by atoms with Crippen molar-refractivity contribution in [1.82, 2.24) is 25.2 Å². The van der Waals surface area contributed by atoms with Crippen LogP contribution in [-0.2, 0) is 6.42 Å². The maximum absolute atomic E-state index is 12.3. The zero-order valence-electron chi connectivity index (χ0n) is 15.4. The van der Waals surface area contributed by atoms with E-state index in [1.54, 1.807) is 12.4 Å². The smallest absolute Gasteiger partial charge is 0.292 e. The lowest BCUT2D eigenvalue weighted by atomic mass is 9.91. The zero-order chi connectivity index (χ0) is 18.8. The molecule has 0 saturated carbocycles. The van der Waals surface area contributed by atoms with Gasteiger partial charge in [0.25, 0.3) is 5.91 Å². The Morgan fingerprint density at radius 1 is 1.22 bits per heavy atom. The topological polar surface area (TPSA) is 98.2 Å². The van der Waals surface area contributed by atoms with E-state index in [2.05, 4.69) is 20.3 Å². The van der Waals surface area contributed by atoms with E-state index < -0.39 is 0 Å². The third-order valence-corrected chi connectivity index (χ3v) is 5.06. The van der Waals surface area contributed by atoms with Crippen LogP contribution in [0.15, 0.2) is 33.7 Å². The summed E-state index contributed by atoms with van der Waals surface area (Å²) in [5.74, 6) is 1.45. The highest BCUT2D eigenvalue weighted by Gasteiger charge is 2.26. The Morgan fingerprint density at radius 2 is 2.04 bits per heavy atom. The molecule has 1 fully saturated rings. The van der Waals surface area contributed by atoms with Crippen LogP contribution in [0.3, 0.4) is 0 Å². The molecular formula is C19H21N5O3. The van der Waals surface area contributed by atoms with Gasteiger partial charge in [-0.1, -0.05) is 10.3 Å². The summed E-state index contributed by atoms with van der Waals surface area (Å²) in [5, 5.41) is 7.60. The number of amides is 1. The predicted octanol–water partition coefficient (Wildman–Crippen LogP) is 2.83. The molecule has 0 radical (unpaired) electrons. The molecule has 1 amide bonds. The van der Waals surface area contributed by atoms with Crippen molar-refractivity contribution in [1.29, 1.82) is 0 Å². The van der Waals surface area contributed by atoms with Gasteiger partial charge in [0.1, 0.15) is 12.1 Å². The minimum absolute atomic E-state index is 0.0892. The monoisotopic (exact) mass is 367 g/mol. The molecule has 3 aromatic rings. The van der Waals surface area contributed by atoms with Gasteiger partial charge in [0.05, 0.1) is 23.1 Å². The number of piperidine rings is 1. The second-order valence-corrected chi connectivity index (χ2v) is 6.91. The van der Waals surface area contributed by atoms with E-state index in [0.717, 1.165) is 47.7 Å². The molecule has 27 heavy (non-hydrogen) atoms. The van der Waals surface area contributed by atoms with Crippen LogP contribution < -0.4 is 0 Å².